The second-order valence-corrected chi connectivity index (χ2v) is 3.12. The van der Waals surface area contributed by atoms with E-state index in [4.69, 9.17) is 6.42 Å². The molecule has 0 fully saturated rings. The van der Waals surface area contributed by atoms with Gasteiger partial charge in [0.25, 0.3) is 5.78 Å². The van der Waals surface area contributed by atoms with Crippen molar-refractivity contribution in [2.45, 2.75) is 0 Å². The lowest BCUT2D eigenvalue weighted by atomic mass is 10.4. The van der Waals surface area contributed by atoms with Gasteiger partial charge in [-0.05, 0) is 21.9 Å². The highest BCUT2D eigenvalue weighted by molar-refractivity contribution is 9.10. The highest BCUT2D eigenvalue weighted by Crippen LogP contribution is 2.14. The summed E-state index contributed by atoms with van der Waals surface area (Å²) in [6.45, 7) is 0. The summed E-state index contributed by atoms with van der Waals surface area (Å²) in [5.74, 6) is 1.62. The lowest BCUT2D eigenvalue weighted by molar-refractivity contribution is 0.105. The summed E-state index contributed by atoms with van der Waals surface area (Å²) in [4.78, 5) is 14.5. The maximum atomic E-state index is 10.7. The molecule has 0 bridgehead atoms. The fraction of sp³-hybridized carbons (Fsp3) is 0. The Labute approximate surface area is 70.4 Å². The summed E-state index contributed by atoms with van der Waals surface area (Å²) in [6.07, 6.45) is 4.87. The largest absolute Gasteiger partial charge is 0.277 e. The van der Waals surface area contributed by atoms with Crippen LogP contribution in [0.15, 0.2) is 9.98 Å². The second-order valence-electron chi connectivity index (χ2n) is 1.45. The highest BCUT2D eigenvalue weighted by Gasteiger charge is 2.05. The lowest BCUT2D eigenvalue weighted by Crippen LogP contribution is -1.91. The quantitative estimate of drug-likeness (QED) is 0.406. The molecule has 1 heterocycles. The van der Waals surface area contributed by atoms with E-state index < -0.39 is 0 Å². The molecule has 0 amide bonds. The van der Waals surface area contributed by atoms with Crippen molar-refractivity contribution in [2.24, 2.45) is 0 Å². The summed E-state index contributed by atoms with van der Waals surface area (Å²) < 4.78 is 0.649. The number of aromatic nitrogens is 1. The van der Waals surface area contributed by atoms with E-state index in [1.807, 2.05) is 5.92 Å². The Morgan fingerprint density at radius 3 is 3.00 bits per heavy atom. The molecular weight excluding hydrogens is 214 g/mol. The number of hydrogen-bond acceptors (Lipinski definition) is 3. The van der Waals surface area contributed by atoms with E-state index >= 15 is 0 Å². The van der Waals surface area contributed by atoms with Crippen LogP contribution < -0.4 is 0 Å². The Bertz CT molecular complexity index is 299. The van der Waals surface area contributed by atoms with Crippen molar-refractivity contribution in [2.75, 3.05) is 0 Å². The lowest BCUT2D eigenvalue weighted by Gasteiger charge is -1.78. The van der Waals surface area contributed by atoms with Crippen molar-refractivity contribution in [3.63, 3.8) is 0 Å². The molecule has 0 aliphatic rings. The Morgan fingerprint density at radius 1 is 1.90 bits per heavy atom. The maximum Gasteiger partial charge on any atom is 0.264 e. The minimum Gasteiger partial charge on any atom is -0.277 e. The highest BCUT2D eigenvalue weighted by atomic mass is 79.9. The molecule has 0 N–H and O–H groups in total. The van der Waals surface area contributed by atoms with E-state index in [1.165, 1.54) is 11.3 Å². The van der Waals surface area contributed by atoms with E-state index in [0.717, 1.165) is 0 Å². The Balaban J connectivity index is 2.98. The molecule has 50 valence electrons. The third-order valence-corrected chi connectivity index (χ3v) is 2.35. The minimum absolute atomic E-state index is 0.356. The van der Waals surface area contributed by atoms with E-state index in [1.54, 1.807) is 5.38 Å². The zero-order valence-corrected chi connectivity index (χ0v) is 7.20. The fourth-order valence-corrected chi connectivity index (χ4v) is 1.57. The van der Waals surface area contributed by atoms with Gasteiger partial charge in [0.15, 0.2) is 5.01 Å². The van der Waals surface area contributed by atoms with Crippen molar-refractivity contribution in [3.05, 3.63) is 15.0 Å². The van der Waals surface area contributed by atoms with Gasteiger partial charge in [0, 0.05) is 5.38 Å². The van der Waals surface area contributed by atoms with E-state index in [2.05, 4.69) is 20.9 Å². The van der Waals surface area contributed by atoms with E-state index in [0.29, 0.717) is 9.61 Å². The van der Waals surface area contributed by atoms with Crippen LogP contribution in [-0.4, -0.2) is 10.8 Å². The number of halogens is 1. The number of carbonyl (C=O) groups is 1. The first-order valence-electron chi connectivity index (χ1n) is 2.36. The number of Topliss-reactive ketones (excluding diaryl/α,β-unsaturated/α-hetero) is 1. The first-order chi connectivity index (χ1) is 4.74. The molecule has 4 heteroatoms. The SMILES string of the molecule is C#CC(=O)c1nc(Br)cs1. The molecule has 0 spiro atoms. The molecule has 0 saturated heterocycles. The Morgan fingerprint density at radius 2 is 2.60 bits per heavy atom. The van der Waals surface area contributed by atoms with Crippen LogP contribution in [0.25, 0.3) is 0 Å². The van der Waals surface area contributed by atoms with Gasteiger partial charge in [0.05, 0.1) is 0 Å². The molecule has 0 atom stereocenters. The third kappa shape index (κ3) is 1.43. The van der Waals surface area contributed by atoms with Gasteiger partial charge >= 0.3 is 0 Å². The van der Waals surface area contributed by atoms with Crippen LogP contribution in [0, 0.1) is 12.3 Å². The summed E-state index contributed by atoms with van der Waals surface area (Å²) in [6, 6.07) is 0. The van der Waals surface area contributed by atoms with E-state index in [9.17, 15) is 4.79 Å². The van der Waals surface area contributed by atoms with Gasteiger partial charge in [-0.2, -0.15) is 0 Å². The van der Waals surface area contributed by atoms with Gasteiger partial charge < -0.3 is 0 Å². The molecule has 1 aromatic rings. The zero-order valence-electron chi connectivity index (χ0n) is 4.80. The summed E-state index contributed by atoms with van der Waals surface area (Å²) in [5, 5.41) is 2.07. The van der Waals surface area contributed by atoms with Gasteiger partial charge in [-0.3, -0.25) is 4.79 Å². The monoisotopic (exact) mass is 215 g/mol. The first-order valence-corrected chi connectivity index (χ1v) is 4.03. The summed E-state index contributed by atoms with van der Waals surface area (Å²) in [7, 11) is 0. The predicted octanol–water partition coefficient (Wildman–Crippen LogP) is 1.72. The van der Waals surface area contributed by atoms with Crippen LogP contribution >= 0.6 is 27.3 Å². The van der Waals surface area contributed by atoms with Gasteiger partial charge in [0.1, 0.15) is 4.60 Å². The van der Waals surface area contributed by atoms with Crippen LogP contribution in [0.5, 0.6) is 0 Å². The second kappa shape index (κ2) is 2.95. The number of carbonyl (C=O) groups excluding carboxylic acids is 1. The molecule has 2 nitrogen and oxygen atoms in total. The van der Waals surface area contributed by atoms with Crippen molar-refractivity contribution >= 4 is 33.0 Å². The molecule has 0 radical (unpaired) electrons. The normalized spacial score (nSPS) is 8.80. The smallest absolute Gasteiger partial charge is 0.264 e. The number of hydrogen-bond donors (Lipinski definition) is 0. The molecular formula is C6H2BrNOS. The summed E-state index contributed by atoms with van der Waals surface area (Å²) >= 11 is 4.34. The Kier molecular flexibility index (Phi) is 2.20. The molecule has 1 rings (SSSR count). The molecule has 0 aromatic carbocycles. The molecule has 0 aliphatic carbocycles. The Hall–Kier alpha value is -0.660. The average Bonchev–Trinajstić information content (AvgIpc) is 2.34. The van der Waals surface area contributed by atoms with Crippen molar-refractivity contribution in [3.8, 4) is 12.3 Å². The fourth-order valence-electron chi connectivity index (χ4n) is 0.420. The van der Waals surface area contributed by atoms with Crippen LogP contribution in [0.4, 0.5) is 0 Å². The standard InChI is InChI=1S/C6H2BrNOS/c1-2-4(9)6-8-5(7)3-10-6/h1,3H. The molecule has 1 aromatic heterocycles. The van der Waals surface area contributed by atoms with E-state index in [-0.39, 0.29) is 5.78 Å². The van der Waals surface area contributed by atoms with Crippen LogP contribution in [0.1, 0.15) is 9.80 Å². The number of thiazole rings is 1. The topological polar surface area (TPSA) is 30.0 Å². The van der Waals surface area contributed by atoms with Crippen LogP contribution in [0.2, 0.25) is 0 Å². The molecule has 0 aliphatic heterocycles. The van der Waals surface area contributed by atoms with Gasteiger partial charge in [-0.15, -0.1) is 17.8 Å². The average molecular weight is 216 g/mol. The zero-order chi connectivity index (χ0) is 7.56. The van der Waals surface area contributed by atoms with Gasteiger partial charge in [0.2, 0.25) is 0 Å². The van der Waals surface area contributed by atoms with Gasteiger partial charge in [-0.1, -0.05) is 0 Å². The van der Waals surface area contributed by atoms with Crippen LogP contribution in [-0.2, 0) is 0 Å². The first kappa shape index (κ1) is 7.45. The van der Waals surface area contributed by atoms with Gasteiger partial charge in [-0.25, -0.2) is 4.98 Å². The molecule has 0 unspecified atom stereocenters. The number of rotatable bonds is 1. The number of nitrogens with zero attached hydrogens (tertiary/aromatic N) is 1. The number of terminal acetylenes is 1. The number of ketones is 1. The summed E-state index contributed by atoms with van der Waals surface area (Å²) in [5.41, 5.74) is 0. The van der Waals surface area contributed by atoms with Crippen molar-refractivity contribution in [1.82, 2.24) is 4.98 Å². The molecule has 0 saturated carbocycles. The van der Waals surface area contributed by atoms with Crippen LogP contribution in [0.3, 0.4) is 0 Å². The third-order valence-electron chi connectivity index (χ3n) is 0.801. The maximum absolute atomic E-state index is 10.7. The van der Waals surface area contributed by atoms with Crippen molar-refractivity contribution in [1.29, 1.82) is 0 Å². The minimum atomic E-state index is -0.365. The molecule has 10 heavy (non-hydrogen) atoms. The predicted molar refractivity (Wildman–Crippen MR) is 43.0 cm³/mol. The van der Waals surface area contributed by atoms with Crippen molar-refractivity contribution < 1.29 is 4.79 Å².